The average Bonchev–Trinajstić information content (AvgIpc) is 2.73. The van der Waals surface area contributed by atoms with E-state index in [2.05, 4.69) is 31.0 Å². The van der Waals surface area contributed by atoms with Crippen LogP contribution in [0.25, 0.3) is 20.8 Å². The molecule has 0 radical (unpaired) electrons. The predicted octanol–water partition coefficient (Wildman–Crippen LogP) is 4.16. The molecule has 2 N–H and O–H groups in total. The third-order valence-electron chi connectivity index (χ3n) is 3.14. The number of nitrogens with zero attached hydrogens (tertiary/aromatic N) is 1. The summed E-state index contributed by atoms with van der Waals surface area (Å²) < 4.78 is 1.23. The van der Waals surface area contributed by atoms with Crippen molar-refractivity contribution in [2.75, 3.05) is 5.73 Å². The van der Waals surface area contributed by atoms with Crippen molar-refractivity contribution in [2.24, 2.45) is 0 Å². The molecule has 0 unspecified atom stereocenters. The van der Waals surface area contributed by atoms with Gasteiger partial charge >= 0.3 is 0 Å². The monoisotopic (exact) mass is 254 g/mol. The molecule has 0 spiro atoms. The number of hydrogen-bond acceptors (Lipinski definition) is 3. The number of hydrogen-bond donors (Lipinski definition) is 1. The van der Waals surface area contributed by atoms with Crippen LogP contribution in [0.4, 0.5) is 5.69 Å². The van der Waals surface area contributed by atoms with Crippen LogP contribution in [0, 0.1) is 13.8 Å². The van der Waals surface area contributed by atoms with Gasteiger partial charge in [0, 0.05) is 11.3 Å². The lowest BCUT2D eigenvalue weighted by Crippen LogP contribution is -1.84. The van der Waals surface area contributed by atoms with Gasteiger partial charge in [-0.3, -0.25) is 0 Å². The van der Waals surface area contributed by atoms with Crippen molar-refractivity contribution in [1.82, 2.24) is 4.98 Å². The zero-order valence-electron chi connectivity index (χ0n) is 10.4. The summed E-state index contributed by atoms with van der Waals surface area (Å²) in [6.45, 7) is 4.25. The first-order valence-corrected chi connectivity index (χ1v) is 6.69. The second kappa shape index (κ2) is 4.10. The van der Waals surface area contributed by atoms with Crippen LogP contribution >= 0.6 is 11.3 Å². The van der Waals surface area contributed by atoms with Gasteiger partial charge in [-0.05, 0) is 49.2 Å². The molecule has 0 amide bonds. The van der Waals surface area contributed by atoms with E-state index in [9.17, 15) is 0 Å². The molecule has 18 heavy (non-hydrogen) atoms. The SMILES string of the molecule is Cc1cc2nc(-c3cccc(N)c3)sc2cc1C. The van der Waals surface area contributed by atoms with E-state index in [4.69, 9.17) is 5.73 Å². The molecule has 0 aliphatic heterocycles. The number of benzene rings is 2. The van der Waals surface area contributed by atoms with Crippen LogP contribution < -0.4 is 5.73 Å². The van der Waals surface area contributed by atoms with Crippen LogP contribution in [0.5, 0.6) is 0 Å². The lowest BCUT2D eigenvalue weighted by Gasteiger charge is -1.97. The molecule has 3 aromatic rings. The Bertz CT molecular complexity index is 689. The lowest BCUT2D eigenvalue weighted by molar-refractivity contribution is 1.35. The zero-order valence-corrected chi connectivity index (χ0v) is 11.2. The second-order valence-electron chi connectivity index (χ2n) is 4.55. The quantitative estimate of drug-likeness (QED) is 0.662. The van der Waals surface area contributed by atoms with Gasteiger partial charge in [-0.25, -0.2) is 4.98 Å². The molecule has 3 heteroatoms. The molecular weight excluding hydrogens is 240 g/mol. The van der Waals surface area contributed by atoms with Crippen LogP contribution in [0.2, 0.25) is 0 Å². The highest BCUT2D eigenvalue weighted by Gasteiger charge is 2.07. The number of aromatic nitrogens is 1. The minimum absolute atomic E-state index is 0.777. The standard InChI is InChI=1S/C15H14N2S/c1-9-6-13-14(7-10(9)2)18-15(17-13)11-4-3-5-12(16)8-11/h3-8H,16H2,1-2H3. The van der Waals surface area contributed by atoms with Gasteiger partial charge in [0.05, 0.1) is 10.2 Å². The summed E-state index contributed by atoms with van der Waals surface area (Å²) in [5.74, 6) is 0. The van der Waals surface area contributed by atoms with Crippen molar-refractivity contribution in [1.29, 1.82) is 0 Å². The van der Waals surface area contributed by atoms with E-state index in [0.29, 0.717) is 0 Å². The second-order valence-corrected chi connectivity index (χ2v) is 5.58. The molecule has 1 heterocycles. The first-order chi connectivity index (χ1) is 8.63. The van der Waals surface area contributed by atoms with Crippen molar-refractivity contribution in [2.45, 2.75) is 13.8 Å². The fourth-order valence-electron chi connectivity index (χ4n) is 1.98. The Balaban J connectivity index is 2.19. The van der Waals surface area contributed by atoms with Gasteiger partial charge in [0.1, 0.15) is 5.01 Å². The van der Waals surface area contributed by atoms with Gasteiger partial charge < -0.3 is 5.73 Å². The Kier molecular flexibility index (Phi) is 2.56. The van der Waals surface area contributed by atoms with Gasteiger partial charge in [-0.1, -0.05) is 12.1 Å². The van der Waals surface area contributed by atoms with Gasteiger partial charge in [0.15, 0.2) is 0 Å². The average molecular weight is 254 g/mol. The fourth-order valence-corrected chi connectivity index (χ4v) is 3.02. The van der Waals surface area contributed by atoms with E-state index in [0.717, 1.165) is 21.8 Å². The maximum Gasteiger partial charge on any atom is 0.124 e. The van der Waals surface area contributed by atoms with Crippen molar-refractivity contribution in [3.63, 3.8) is 0 Å². The number of nitrogens with two attached hydrogens (primary N) is 1. The van der Waals surface area contributed by atoms with E-state index in [1.54, 1.807) is 11.3 Å². The maximum atomic E-state index is 5.82. The third-order valence-corrected chi connectivity index (χ3v) is 4.20. The van der Waals surface area contributed by atoms with E-state index >= 15 is 0 Å². The molecule has 3 rings (SSSR count). The molecule has 0 bridgehead atoms. The first kappa shape index (κ1) is 11.2. The number of fused-ring (bicyclic) bond motifs is 1. The minimum atomic E-state index is 0.777. The van der Waals surface area contributed by atoms with E-state index < -0.39 is 0 Å². The number of nitrogen functional groups attached to an aromatic ring is 1. The maximum absolute atomic E-state index is 5.82. The van der Waals surface area contributed by atoms with Crippen molar-refractivity contribution in [3.05, 3.63) is 47.5 Å². The first-order valence-electron chi connectivity index (χ1n) is 5.87. The van der Waals surface area contributed by atoms with Crippen molar-refractivity contribution >= 4 is 27.2 Å². The summed E-state index contributed by atoms with van der Waals surface area (Å²) in [5.41, 5.74) is 11.3. The Morgan fingerprint density at radius 3 is 2.61 bits per heavy atom. The van der Waals surface area contributed by atoms with Crippen LogP contribution in [-0.4, -0.2) is 4.98 Å². The van der Waals surface area contributed by atoms with Crippen LogP contribution in [0.3, 0.4) is 0 Å². The molecule has 0 aliphatic rings. The zero-order chi connectivity index (χ0) is 12.7. The highest BCUT2D eigenvalue weighted by atomic mass is 32.1. The van der Waals surface area contributed by atoms with Crippen LogP contribution in [0.15, 0.2) is 36.4 Å². The number of anilines is 1. The summed E-state index contributed by atoms with van der Waals surface area (Å²) in [4.78, 5) is 4.69. The van der Waals surface area contributed by atoms with Crippen LogP contribution in [-0.2, 0) is 0 Å². The topological polar surface area (TPSA) is 38.9 Å². The molecule has 0 fully saturated rings. The molecule has 2 aromatic carbocycles. The Morgan fingerprint density at radius 1 is 1.06 bits per heavy atom. The summed E-state index contributed by atoms with van der Waals surface area (Å²) in [5, 5.41) is 1.03. The third kappa shape index (κ3) is 1.87. The molecule has 1 aromatic heterocycles. The lowest BCUT2D eigenvalue weighted by atomic mass is 10.1. The molecule has 0 atom stereocenters. The van der Waals surface area contributed by atoms with E-state index in [1.165, 1.54) is 15.8 Å². The predicted molar refractivity (Wildman–Crippen MR) is 78.9 cm³/mol. The van der Waals surface area contributed by atoms with Crippen LogP contribution in [0.1, 0.15) is 11.1 Å². The molecule has 0 saturated heterocycles. The van der Waals surface area contributed by atoms with Gasteiger partial charge in [-0.15, -0.1) is 11.3 Å². The Hall–Kier alpha value is -1.87. The van der Waals surface area contributed by atoms with E-state index in [1.807, 2.05) is 24.3 Å². The number of rotatable bonds is 1. The van der Waals surface area contributed by atoms with Gasteiger partial charge in [-0.2, -0.15) is 0 Å². The van der Waals surface area contributed by atoms with E-state index in [-0.39, 0.29) is 0 Å². The molecule has 0 aliphatic carbocycles. The largest absolute Gasteiger partial charge is 0.399 e. The highest BCUT2D eigenvalue weighted by molar-refractivity contribution is 7.21. The van der Waals surface area contributed by atoms with Gasteiger partial charge in [0.2, 0.25) is 0 Å². The Morgan fingerprint density at radius 2 is 1.83 bits per heavy atom. The molecule has 0 saturated carbocycles. The Labute approximate surface area is 110 Å². The smallest absolute Gasteiger partial charge is 0.124 e. The summed E-state index contributed by atoms with van der Waals surface area (Å²) in [6.07, 6.45) is 0. The fraction of sp³-hybridized carbons (Fsp3) is 0.133. The summed E-state index contributed by atoms with van der Waals surface area (Å²) in [6, 6.07) is 12.2. The van der Waals surface area contributed by atoms with Gasteiger partial charge in [0.25, 0.3) is 0 Å². The number of thiazole rings is 1. The summed E-state index contributed by atoms with van der Waals surface area (Å²) in [7, 11) is 0. The number of aryl methyl sites for hydroxylation is 2. The van der Waals surface area contributed by atoms with Crippen molar-refractivity contribution < 1.29 is 0 Å². The highest BCUT2D eigenvalue weighted by Crippen LogP contribution is 2.32. The molecule has 2 nitrogen and oxygen atoms in total. The summed E-state index contributed by atoms with van der Waals surface area (Å²) >= 11 is 1.72. The molecule has 90 valence electrons. The normalized spacial score (nSPS) is 11.0. The minimum Gasteiger partial charge on any atom is -0.399 e. The molecular formula is C15H14N2S. The van der Waals surface area contributed by atoms with Crippen molar-refractivity contribution in [3.8, 4) is 10.6 Å².